The maximum Gasteiger partial charge on any atom is 0.262 e. The molecular weight excluding hydrogens is 466 g/mol. The number of nitrogens with one attached hydrogen (secondary N) is 1. The second-order valence-electron chi connectivity index (χ2n) is 6.35. The molecule has 0 saturated carbocycles. The molecule has 29 heavy (non-hydrogen) atoms. The largest absolute Gasteiger partial charge is 0.379 e. The van der Waals surface area contributed by atoms with E-state index in [1.54, 1.807) is 6.92 Å². The number of benzene rings is 2. The topological polar surface area (TPSA) is 92.8 Å². The summed E-state index contributed by atoms with van der Waals surface area (Å²) in [5.41, 5.74) is 0.216. The van der Waals surface area contributed by atoms with Crippen LogP contribution < -0.4 is 4.72 Å². The van der Waals surface area contributed by atoms with Crippen LogP contribution in [0.5, 0.6) is 0 Å². The number of ether oxygens (including phenoxy) is 1. The Morgan fingerprint density at radius 1 is 1.00 bits per heavy atom. The standard InChI is InChI=1S/C17H17Cl2FN2O5S2/c1-11-6-12(20)8-13(7-11)28(23,24)21-16-10-17(15(19)9-14(16)18)29(25,26)22-2-4-27-5-3-22/h6-10,21H,2-5H2,1H3. The third-order valence-corrected chi connectivity index (χ3v) is 8.20. The van der Waals surface area contributed by atoms with Crippen molar-refractivity contribution in [2.45, 2.75) is 16.7 Å². The summed E-state index contributed by atoms with van der Waals surface area (Å²) in [7, 11) is -8.22. The number of aryl methyl sites for hydroxylation is 1. The average Bonchev–Trinajstić information content (AvgIpc) is 2.63. The fourth-order valence-electron chi connectivity index (χ4n) is 2.79. The molecule has 1 N–H and O–H groups in total. The highest BCUT2D eigenvalue weighted by molar-refractivity contribution is 7.92. The van der Waals surface area contributed by atoms with E-state index >= 15 is 0 Å². The number of morpholine rings is 1. The van der Waals surface area contributed by atoms with E-state index in [1.807, 2.05) is 0 Å². The third-order valence-electron chi connectivity index (χ3n) is 4.18. The van der Waals surface area contributed by atoms with Gasteiger partial charge < -0.3 is 4.74 Å². The Morgan fingerprint density at radius 2 is 1.66 bits per heavy atom. The zero-order chi connectivity index (χ0) is 21.4. The molecule has 1 aliphatic heterocycles. The summed E-state index contributed by atoms with van der Waals surface area (Å²) < 4.78 is 73.3. The van der Waals surface area contributed by atoms with Gasteiger partial charge in [-0.25, -0.2) is 21.2 Å². The Balaban J connectivity index is 2.01. The van der Waals surface area contributed by atoms with E-state index in [9.17, 15) is 21.2 Å². The molecule has 0 bridgehead atoms. The lowest BCUT2D eigenvalue weighted by molar-refractivity contribution is 0.0730. The second-order valence-corrected chi connectivity index (χ2v) is 10.8. The van der Waals surface area contributed by atoms with Gasteiger partial charge in [-0.15, -0.1) is 0 Å². The molecule has 0 unspecified atom stereocenters. The van der Waals surface area contributed by atoms with Crippen molar-refractivity contribution < 1.29 is 26.0 Å². The zero-order valence-electron chi connectivity index (χ0n) is 15.2. The molecule has 1 aliphatic rings. The minimum atomic E-state index is -4.23. The predicted molar refractivity (Wildman–Crippen MR) is 108 cm³/mol. The Bertz CT molecular complexity index is 1130. The van der Waals surface area contributed by atoms with Crippen molar-refractivity contribution in [2.75, 3.05) is 31.0 Å². The molecule has 1 heterocycles. The van der Waals surface area contributed by atoms with Gasteiger partial charge in [0, 0.05) is 13.1 Å². The molecule has 2 aromatic rings. The maximum atomic E-state index is 13.6. The Hall–Kier alpha value is -1.43. The van der Waals surface area contributed by atoms with Crippen LogP contribution in [-0.2, 0) is 24.8 Å². The zero-order valence-corrected chi connectivity index (χ0v) is 18.3. The first-order chi connectivity index (χ1) is 13.5. The lowest BCUT2D eigenvalue weighted by Crippen LogP contribution is -2.40. The Labute approximate surface area is 178 Å². The quantitative estimate of drug-likeness (QED) is 0.705. The summed E-state index contributed by atoms with van der Waals surface area (Å²) in [6.45, 7) is 2.31. The van der Waals surface area contributed by atoms with Crippen molar-refractivity contribution in [1.29, 1.82) is 0 Å². The molecule has 12 heteroatoms. The second kappa shape index (κ2) is 8.37. The molecule has 0 radical (unpaired) electrons. The molecular formula is C17H17Cl2FN2O5S2. The van der Waals surface area contributed by atoms with Crippen molar-refractivity contribution >= 4 is 48.9 Å². The van der Waals surface area contributed by atoms with Gasteiger partial charge in [-0.1, -0.05) is 23.2 Å². The summed E-state index contributed by atoms with van der Waals surface area (Å²) in [6, 6.07) is 5.51. The Morgan fingerprint density at radius 3 is 2.28 bits per heavy atom. The number of anilines is 1. The molecule has 0 atom stereocenters. The van der Waals surface area contributed by atoms with Gasteiger partial charge >= 0.3 is 0 Å². The first-order valence-corrected chi connectivity index (χ1v) is 12.1. The maximum absolute atomic E-state index is 13.6. The minimum absolute atomic E-state index is 0.104. The molecule has 7 nitrogen and oxygen atoms in total. The van der Waals surface area contributed by atoms with Gasteiger partial charge in [0.05, 0.1) is 33.8 Å². The number of halogens is 3. The molecule has 158 valence electrons. The van der Waals surface area contributed by atoms with Gasteiger partial charge in [-0.05, 0) is 42.8 Å². The van der Waals surface area contributed by atoms with Crippen LogP contribution in [0.4, 0.5) is 10.1 Å². The number of hydrogen-bond acceptors (Lipinski definition) is 5. The number of rotatable bonds is 5. The van der Waals surface area contributed by atoms with Gasteiger partial charge in [0.2, 0.25) is 10.0 Å². The van der Waals surface area contributed by atoms with Gasteiger partial charge in [0.25, 0.3) is 10.0 Å². The van der Waals surface area contributed by atoms with E-state index in [-0.39, 0.29) is 51.8 Å². The first kappa shape index (κ1) is 22.3. The Kier molecular flexibility index (Phi) is 6.42. The van der Waals surface area contributed by atoms with E-state index in [0.717, 1.165) is 18.2 Å². The summed E-state index contributed by atoms with van der Waals surface area (Å²) in [5, 5.41) is -0.251. The molecule has 1 fully saturated rings. The molecule has 3 rings (SSSR count). The highest BCUT2D eigenvalue weighted by atomic mass is 35.5. The van der Waals surface area contributed by atoms with Crippen LogP contribution in [0.3, 0.4) is 0 Å². The summed E-state index contributed by atoms with van der Waals surface area (Å²) >= 11 is 12.2. The number of sulfonamides is 2. The lowest BCUT2D eigenvalue weighted by Gasteiger charge is -2.26. The van der Waals surface area contributed by atoms with Gasteiger partial charge in [-0.3, -0.25) is 4.72 Å². The van der Waals surface area contributed by atoms with E-state index < -0.39 is 25.9 Å². The molecule has 0 aliphatic carbocycles. The number of nitrogens with zero attached hydrogens (tertiary/aromatic N) is 1. The van der Waals surface area contributed by atoms with Gasteiger partial charge in [0.1, 0.15) is 10.7 Å². The SMILES string of the molecule is Cc1cc(F)cc(S(=O)(=O)Nc2cc(S(=O)(=O)N3CCOCC3)c(Cl)cc2Cl)c1. The van der Waals surface area contributed by atoms with Crippen molar-refractivity contribution in [3.8, 4) is 0 Å². The van der Waals surface area contributed by atoms with E-state index in [4.69, 9.17) is 27.9 Å². The monoisotopic (exact) mass is 482 g/mol. The van der Waals surface area contributed by atoms with Crippen LogP contribution in [0.1, 0.15) is 5.56 Å². The minimum Gasteiger partial charge on any atom is -0.379 e. The van der Waals surface area contributed by atoms with Crippen LogP contribution in [0.2, 0.25) is 10.0 Å². The normalized spacial score (nSPS) is 16.0. The predicted octanol–water partition coefficient (Wildman–Crippen LogP) is 3.26. The molecule has 2 aromatic carbocycles. The fraction of sp³-hybridized carbons (Fsp3) is 0.294. The highest BCUT2D eigenvalue weighted by Crippen LogP contribution is 2.35. The van der Waals surface area contributed by atoms with Crippen molar-refractivity contribution in [3.63, 3.8) is 0 Å². The van der Waals surface area contributed by atoms with Crippen LogP contribution in [-0.4, -0.2) is 47.4 Å². The summed E-state index contributed by atoms with van der Waals surface area (Å²) in [4.78, 5) is -0.614. The lowest BCUT2D eigenvalue weighted by atomic mass is 10.2. The molecule has 1 saturated heterocycles. The molecule has 0 spiro atoms. The summed E-state index contributed by atoms with van der Waals surface area (Å²) in [5.74, 6) is -0.719. The third kappa shape index (κ3) is 4.84. The van der Waals surface area contributed by atoms with Crippen molar-refractivity contribution in [2.24, 2.45) is 0 Å². The first-order valence-electron chi connectivity index (χ1n) is 8.38. The van der Waals surface area contributed by atoms with E-state index in [1.165, 1.54) is 16.4 Å². The van der Waals surface area contributed by atoms with E-state index in [2.05, 4.69) is 4.72 Å². The molecule has 0 amide bonds. The fourth-order valence-corrected chi connectivity index (χ4v) is 6.24. The highest BCUT2D eigenvalue weighted by Gasteiger charge is 2.30. The number of hydrogen-bond donors (Lipinski definition) is 1. The van der Waals surface area contributed by atoms with Gasteiger partial charge in [-0.2, -0.15) is 4.31 Å². The van der Waals surface area contributed by atoms with Crippen LogP contribution in [0.25, 0.3) is 0 Å². The van der Waals surface area contributed by atoms with Crippen LogP contribution in [0.15, 0.2) is 40.1 Å². The summed E-state index contributed by atoms with van der Waals surface area (Å²) in [6.07, 6.45) is 0. The smallest absolute Gasteiger partial charge is 0.262 e. The van der Waals surface area contributed by atoms with Crippen LogP contribution in [0, 0.1) is 12.7 Å². The van der Waals surface area contributed by atoms with Crippen molar-refractivity contribution in [3.05, 3.63) is 51.8 Å². The average molecular weight is 483 g/mol. The van der Waals surface area contributed by atoms with E-state index in [0.29, 0.717) is 5.56 Å². The van der Waals surface area contributed by atoms with Crippen LogP contribution >= 0.6 is 23.2 Å². The van der Waals surface area contributed by atoms with Crippen molar-refractivity contribution in [1.82, 2.24) is 4.31 Å². The molecule has 0 aromatic heterocycles. The van der Waals surface area contributed by atoms with Gasteiger partial charge in [0.15, 0.2) is 0 Å².